The minimum atomic E-state index is -0.637. The molecule has 0 spiro atoms. The fourth-order valence-electron chi connectivity index (χ4n) is 4.41. The molecule has 0 aliphatic carbocycles. The number of nitriles is 1. The van der Waals surface area contributed by atoms with Gasteiger partial charge in [0, 0.05) is 32.5 Å². The second-order valence-electron chi connectivity index (χ2n) is 8.00. The summed E-state index contributed by atoms with van der Waals surface area (Å²) in [6.07, 6.45) is 1.52. The largest absolute Gasteiger partial charge is 0.389 e. The number of hydrogen-bond acceptors (Lipinski definition) is 7. The summed E-state index contributed by atoms with van der Waals surface area (Å²) in [6.45, 7) is 1.24. The van der Waals surface area contributed by atoms with Crippen LogP contribution in [0.2, 0.25) is 0 Å². The highest BCUT2D eigenvalue weighted by Crippen LogP contribution is 2.32. The van der Waals surface area contributed by atoms with Crippen molar-refractivity contribution in [3.8, 4) is 23.0 Å². The Morgan fingerprint density at radius 2 is 2.18 bits per heavy atom. The summed E-state index contributed by atoms with van der Waals surface area (Å²) in [7, 11) is 1.58. The van der Waals surface area contributed by atoms with Crippen molar-refractivity contribution in [3.05, 3.63) is 59.2 Å². The van der Waals surface area contributed by atoms with Gasteiger partial charge in [-0.3, -0.25) is 4.79 Å². The number of rotatable bonds is 4. The topological polar surface area (TPSA) is 116 Å². The lowest BCUT2D eigenvalue weighted by molar-refractivity contribution is -0.0218. The lowest BCUT2D eigenvalue weighted by Crippen LogP contribution is -2.47. The van der Waals surface area contributed by atoms with Crippen molar-refractivity contribution in [2.75, 3.05) is 25.1 Å². The number of fused-ring (bicyclic) bond motifs is 1. The summed E-state index contributed by atoms with van der Waals surface area (Å²) < 4.78 is 21.5. The Morgan fingerprint density at radius 3 is 2.94 bits per heavy atom. The van der Waals surface area contributed by atoms with Crippen molar-refractivity contribution in [1.82, 2.24) is 20.1 Å². The van der Waals surface area contributed by atoms with E-state index < -0.39 is 11.9 Å². The van der Waals surface area contributed by atoms with E-state index in [1.807, 2.05) is 11.0 Å². The van der Waals surface area contributed by atoms with E-state index in [1.54, 1.807) is 30.1 Å². The van der Waals surface area contributed by atoms with E-state index in [9.17, 15) is 19.6 Å². The summed E-state index contributed by atoms with van der Waals surface area (Å²) in [5.74, 6) is -0.222. The van der Waals surface area contributed by atoms with Gasteiger partial charge in [-0.2, -0.15) is 10.4 Å². The van der Waals surface area contributed by atoms with Crippen molar-refractivity contribution in [2.45, 2.75) is 25.2 Å². The van der Waals surface area contributed by atoms with Gasteiger partial charge in [0.15, 0.2) is 5.82 Å². The fraction of sp³-hybridized carbons (Fsp3) is 0.304. The van der Waals surface area contributed by atoms with Gasteiger partial charge in [-0.15, -0.1) is 0 Å². The smallest absolute Gasteiger partial charge is 0.255 e. The molecule has 4 heterocycles. The molecule has 2 aliphatic rings. The summed E-state index contributed by atoms with van der Waals surface area (Å²) >= 11 is 0. The minimum absolute atomic E-state index is 0.0838. The van der Waals surface area contributed by atoms with E-state index in [1.165, 1.54) is 18.2 Å². The van der Waals surface area contributed by atoms with Gasteiger partial charge in [0.1, 0.15) is 5.82 Å². The lowest BCUT2D eigenvalue weighted by atomic mass is 10.0. The molecular weight excluding hydrogens is 427 g/mol. The van der Waals surface area contributed by atoms with Gasteiger partial charge in [0.2, 0.25) is 0 Å². The summed E-state index contributed by atoms with van der Waals surface area (Å²) in [5, 5.41) is 27.1. The maximum Gasteiger partial charge on any atom is 0.255 e. The number of nitrogens with zero attached hydrogens (tertiary/aromatic N) is 5. The van der Waals surface area contributed by atoms with E-state index in [0.717, 1.165) is 0 Å². The van der Waals surface area contributed by atoms with Gasteiger partial charge in [-0.1, -0.05) is 6.07 Å². The Bertz CT molecular complexity index is 1280. The quantitative estimate of drug-likeness (QED) is 0.625. The molecule has 0 radical (unpaired) electrons. The molecule has 5 rings (SSSR count). The van der Waals surface area contributed by atoms with Gasteiger partial charge in [0.25, 0.3) is 5.91 Å². The highest BCUT2D eigenvalue weighted by Gasteiger charge is 2.30. The highest BCUT2D eigenvalue weighted by molar-refractivity contribution is 6.01. The van der Waals surface area contributed by atoms with Gasteiger partial charge in [-0.05, 0) is 24.6 Å². The van der Waals surface area contributed by atoms with Gasteiger partial charge < -0.3 is 20.1 Å². The number of anilines is 1. The normalized spacial score (nSPS) is 19.8. The van der Waals surface area contributed by atoms with Crippen LogP contribution in [0.25, 0.3) is 16.9 Å². The average Bonchev–Trinajstić information content (AvgIpc) is 3.46. The number of halogens is 1. The Hall–Kier alpha value is -3.81. The first-order valence-electron chi connectivity index (χ1n) is 10.5. The molecule has 168 valence electrons. The molecule has 2 atom stereocenters. The van der Waals surface area contributed by atoms with Crippen LogP contribution >= 0.6 is 0 Å². The van der Waals surface area contributed by atoms with Crippen molar-refractivity contribution in [3.63, 3.8) is 0 Å². The van der Waals surface area contributed by atoms with Crippen LogP contribution in [-0.4, -0.2) is 58.2 Å². The van der Waals surface area contributed by atoms with E-state index in [4.69, 9.17) is 4.74 Å². The number of aliphatic hydroxyl groups is 1. The predicted octanol–water partition coefficient (Wildman–Crippen LogP) is 1.77. The number of β-amino-alcohol motifs (C(OH)–C–C–N with tert-alkyl or cyclic N) is 1. The van der Waals surface area contributed by atoms with E-state index in [0.29, 0.717) is 42.3 Å². The molecule has 2 N–H and O–H groups in total. The Kier molecular flexibility index (Phi) is 5.28. The molecule has 9 nitrogen and oxygen atoms in total. The molecule has 1 aromatic carbocycles. The zero-order valence-electron chi connectivity index (χ0n) is 17.8. The average molecular weight is 448 g/mol. The first-order chi connectivity index (χ1) is 16.0. The summed E-state index contributed by atoms with van der Waals surface area (Å²) in [6, 6.07) is 9.64. The third kappa shape index (κ3) is 3.61. The molecule has 1 amide bonds. The monoisotopic (exact) mass is 448 g/mol. The molecule has 0 bridgehead atoms. The number of aliphatic hydroxyl groups excluding tert-OH is 1. The third-order valence-electron chi connectivity index (χ3n) is 6.08. The number of piperidine rings is 1. The number of carbonyl (C=O) groups excluding carboxylic acids is 1. The van der Waals surface area contributed by atoms with Crippen LogP contribution in [0.15, 0.2) is 36.5 Å². The Labute approximate surface area is 189 Å². The van der Waals surface area contributed by atoms with Crippen LogP contribution in [0.4, 0.5) is 10.2 Å². The number of hydrogen-bond donors (Lipinski definition) is 2. The number of pyridine rings is 1. The molecule has 33 heavy (non-hydrogen) atoms. The van der Waals surface area contributed by atoms with E-state index in [-0.39, 0.29) is 35.4 Å². The Balaban J connectivity index is 1.58. The minimum Gasteiger partial charge on any atom is -0.389 e. The molecule has 1 saturated heterocycles. The fourth-order valence-corrected chi connectivity index (χ4v) is 4.41. The second kappa shape index (κ2) is 8.27. The first kappa shape index (κ1) is 21.1. The van der Waals surface area contributed by atoms with Crippen molar-refractivity contribution in [2.24, 2.45) is 0 Å². The maximum atomic E-state index is 14.7. The van der Waals surface area contributed by atoms with Crippen molar-refractivity contribution >= 4 is 11.7 Å². The molecular formula is C23H21FN6O3. The van der Waals surface area contributed by atoms with Crippen LogP contribution in [0.5, 0.6) is 0 Å². The molecule has 0 saturated carbocycles. The van der Waals surface area contributed by atoms with Crippen LogP contribution in [0, 0.1) is 17.1 Å². The second-order valence-corrected chi connectivity index (χ2v) is 8.00. The van der Waals surface area contributed by atoms with E-state index in [2.05, 4.69) is 15.4 Å². The summed E-state index contributed by atoms with van der Waals surface area (Å²) in [5.41, 5.74) is 1.76. The molecule has 2 aliphatic heterocycles. The first-order valence-corrected chi connectivity index (χ1v) is 10.5. The number of carbonyl (C=O) groups is 1. The van der Waals surface area contributed by atoms with Crippen LogP contribution in [0.1, 0.15) is 28.0 Å². The number of methoxy groups -OCH3 is 1. The number of amides is 1. The standard InChI is InChI=1S/C23H21FN6O3/c1-33-19-5-7-29(12-18(19)31)20-6-8-30(28-20)17-9-15(27-16-11-26-23(32)22(16)17)21-13(10-25)3-2-4-14(21)24/h2-4,6,8-9,18-19,31H,5,7,11-12H2,1H3,(H,26,32)/t18-,19-/m1/s1. The van der Waals surface area contributed by atoms with E-state index >= 15 is 0 Å². The van der Waals surface area contributed by atoms with Gasteiger partial charge in [-0.25, -0.2) is 14.1 Å². The molecule has 2 aromatic heterocycles. The number of nitrogens with one attached hydrogen (secondary N) is 1. The third-order valence-corrected chi connectivity index (χ3v) is 6.08. The van der Waals surface area contributed by atoms with Gasteiger partial charge in [0.05, 0.1) is 58.6 Å². The molecule has 1 fully saturated rings. The maximum absolute atomic E-state index is 14.7. The molecule has 10 heteroatoms. The molecule has 0 unspecified atom stereocenters. The van der Waals surface area contributed by atoms with Crippen LogP contribution in [0.3, 0.4) is 0 Å². The zero-order chi connectivity index (χ0) is 23.1. The van der Waals surface area contributed by atoms with Gasteiger partial charge >= 0.3 is 0 Å². The Morgan fingerprint density at radius 1 is 1.33 bits per heavy atom. The van der Waals surface area contributed by atoms with Crippen LogP contribution in [-0.2, 0) is 11.3 Å². The SMILES string of the molecule is CO[C@@H]1CCN(c2ccn(-c3cc(-c4c(F)cccc4C#N)nc4c3C(=O)NC4)n2)C[C@H]1O. The van der Waals surface area contributed by atoms with Crippen LogP contribution < -0.4 is 10.2 Å². The highest BCUT2D eigenvalue weighted by atomic mass is 19.1. The number of aromatic nitrogens is 3. The van der Waals surface area contributed by atoms with Crippen molar-refractivity contribution < 1.29 is 19.0 Å². The number of benzene rings is 1. The predicted molar refractivity (Wildman–Crippen MR) is 116 cm³/mol. The molecule has 3 aromatic rings. The number of ether oxygens (including phenoxy) is 1. The lowest BCUT2D eigenvalue weighted by Gasteiger charge is -2.35. The summed E-state index contributed by atoms with van der Waals surface area (Å²) in [4.78, 5) is 19.0. The zero-order valence-corrected chi connectivity index (χ0v) is 17.8. The van der Waals surface area contributed by atoms with Crippen molar-refractivity contribution in [1.29, 1.82) is 5.26 Å².